The van der Waals surface area contributed by atoms with Gasteiger partial charge >= 0.3 is 0 Å². The van der Waals surface area contributed by atoms with E-state index in [1.54, 1.807) is 12.1 Å². The van der Waals surface area contributed by atoms with Crippen LogP contribution in [0.2, 0.25) is 5.02 Å². The summed E-state index contributed by atoms with van der Waals surface area (Å²) in [7, 11) is 0. The minimum Gasteiger partial charge on any atom is -0.383 e. The first-order chi connectivity index (χ1) is 8.95. The molecule has 0 fully saturated rings. The first-order valence-corrected chi connectivity index (χ1v) is 6.65. The Balaban J connectivity index is 2.63. The zero-order chi connectivity index (χ0) is 14.2. The summed E-state index contributed by atoms with van der Waals surface area (Å²) >= 11 is 5.76. The van der Waals surface area contributed by atoms with E-state index in [1.807, 2.05) is 25.3 Å². The predicted octanol–water partition coefficient (Wildman–Crippen LogP) is 4.07. The van der Waals surface area contributed by atoms with Crippen LogP contribution in [-0.4, -0.2) is 9.55 Å². The van der Waals surface area contributed by atoms with Gasteiger partial charge in [0.2, 0.25) is 0 Å². The van der Waals surface area contributed by atoms with Gasteiger partial charge in [0, 0.05) is 23.0 Å². The number of anilines is 1. The summed E-state index contributed by atoms with van der Waals surface area (Å²) in [6.45, 7) is 6.06. The third kappa shape index (κ3) is 2.45. The largest absolute Gasteiger partial charge is 0.383 e. The van der Waals surface area contributed by atoms with Crippen molar-refractivity contribution in [3.8, 4) is 11.3 Å². The van der Waals surface area contributed by atoms with Gasteiger partial charge in [-0.2, -0.15) is 0 Å². The van der Waals surface area contributed by atoms with Crippen molar-refractivity contribution < 1.29 is 4.39 Å². The molecule has 0 saturated heterocycles. The van der Waals surface area contributed by atoms with Crippen LogP contribution >= 0.6 is 11.6 Å². The van der Waals surface area contributed by atoms with Gasteiger partial charge in [0.25, 0.3) is 0 Å². The van der Waals surface area contributed by atoms with E-state index >= 15 is 0 Å². The molecule has 1 aromatic carbocycles. The number of nitrogen functional groups attached to an aromatic ring is 1. The Kier molecular flexibility index (Phi) is 3.80. The van der Waals surface area contributed by atoms with Crippen LogP contribution in [0.1, 0.15) is 32.6 Å². The van der Waals surface area contributed by atoms with Gasteiger partial charge < -0.3 is 10.3 Å². The fraction of sp³-hybridized carbons (Fsp3) is 0.357. The average Bonchev–Trinajstić information content (AvgIpc) is 2.66. The second kappa shape index (κ2) is 5.21. The summed E-state index contributed by atoms with van der Waals surface area (Å²) in [6, 6.07) is 4.71. The van der Waals surface area contributed by atoms with E-state index < -0.39 is 5.82 Å². The van der Waals surface area contributed by atoms with Gasteiger partial charge in [-0.25, -0.2) is 9.37 Å². The van der Waals surface area contributed by atoms with Gasteiger partial charge in [-0.05, 0) is 32.0 Å². The molecule has 2 aromatic rings. The van der Waals surface area contributed by atoms with Gasteiger partial charge in [0.15, 0.2) is 0 Å². The lowest BCUT2D eigenvalue weighted by Crippen LogP contribution is -2.09. The average molecular weight is 282 g/mol. The third-order valence-electron chi connectivity index (χ3n) is 3.04. The maximum atomic E-state index is 14.0. The van der Waals surface area contributed by atoms with E-state index in [4.69, 9.17) is 17.3 Å². The Morgan fingerprint density at radius 1 is 1.42 bits per heavy atom. The second-order valence-electron chi connectivity index (χ2n) is 4.70. The summed E-state index contributed by atoms with van der Waals surface area (Å²) < 4.78 is 15.9. The van der Waals surface area contributed by atoms with Crippen molar-refractivity contribution in [1.82, 2.24) is 9.55 Å². The second-order valence-corrected chi connectivity index (χ2v) is 5.14. The molecule has 0 radical (unpaired) electrons. The molecular formula is C14H17ClFN3. The molecule has 0 atom stereocenters. The number of aryl methyl sites for hydroxylation is 1. The molecule has 0 aliphatic heterocycles. The minimum absolute atomic E-state index is 0.187. The standard InChI is InChI=1S/C14H17ClFN3/c1-4-12-18-13(14(17)19(12)8(2)3)10-6-5-9(15)7-11(10)16/h5-8H,4,17H2,1-3H3. The van der Waals surface area contributed by atoms with Crippen LogP contribution in [0.15, 0.2) is 18.2 Å². The van der Waals surface area contributed by atoms with E-state index in [0.717, 1.165) is 12.2 Å². The quantitative estimate of drug-likeness (QED) is 0.922. The number of rotatable bonds is 3. The van der Waals surface area contributed by atoms with E-state index in [-0.39, 0.29) is 6.04 Å². The van der Waals surface area contributed by atoms with E-state index in [9.17, 15) is 4.39 Å². The Hall–Kier alpha value is -1.55. The topological polar surface area (TPSA) is 43.8 Å². The summed E-state index contributed by atoms with van der Waals surface area (Å²) in [6.07, 6.45) is 0.748. The molecule has 0 aliphatic rings. The molecule has 19 heavy (non-hydrogen) atoms. The van der Waals surface area contributed by atoms with Crippen LogP contribution in [0.4, 0.5) is 10.2 Å². The molecule has 0 bridgehead atoms. The molecule has 2 rings (SSSR count). The lowest BCUT2D eigenvalue weighted by Gasteiger charge is -2.12. The lowest BCUT2D eigenvalue weighted by molar-refractivity contribution is 0.579. The number of hydrogen-bond acceptors (Lipinski definition) is 2. The molecular weight excluding hydrogens is 265 g/mol. The van der Waals surface area contributed by atoms with Crippen LogP contribution < -0.4 is 5.73 Å². The number of benzene rings is 1. The molecule has 3 nitrogen and oxygen atoms in total. The summed E-state index contributed by atoms with van der Waals surface area (Å²) in [5, 5.41) is 0.360. The van der Waals surface area contributed by atoms with E-state index in [0.29, 0.717) is 22.1 Å². The van der Waals surface area contributed by atoms with Gasteiger partial charge in [0.05, 0.1) is 0 Å². The van der Waals surface area contributed by atoms with Gasteiger partial charge in [-0.15, -0.1) is 0 Å². The number of imidazole rings is 1. The number of nitrogens with zero attached hydrogens (tertiary/aromatic N) is 2. The van der Waals surface area contributed by atoms with Crippen molar-refractivity contribution in [3.63, 3.8) is 0 Å². The van der Waals surface area contributed by atoms with Gasteiger partial charge in [-0.1, -0.05) is 18.5 Å². The first kappa shape index (κ1) is 13.9. The number of aromatic nitrogens is 2. The Morgan fingerprint density at radius 3 is 2.58 bits per heavy atom. The monoisotopic (exact) mass is 281 g/mol. The summed E-state index contributed by atoms with van der Waals surface area (Å²) in [5.74, 6) is 0.945. The molecule has 5 heteroatoms. The summed E-state index contributed by atoms with van der Waals surface area (Å²) in [5.41, 5.74) is 6.99. The third-order valence-corrected chi connectivity index (χ3v) is 3.28. The fourth-order valence-electron chi connectivity index (χ4n) is 2.20. The fourth-order valence-corrected chi connectivity index (χ4v) is 2.36. The van der Waals surface area contributed by atoms with Gasteiger partial charge in [-0.3, -0.25) is 0 Å². The van der Waals surface area contributed by atoms with Crippen molar-refractivity contribution in [1.29, 1.82) is 0 Å². The molecule has 0 saturated carbocycles. The molecule has 2 N–H and O–H groups in total. The van der Waals surface area contributed by atoms with Crippen molar-refractivity contribution in [2.45, 2.75) is 33.2 Å². The molecule has 102 valence electrons. The Morgan fingerprint density at radius 2 is 2.11 bits per heavy atom. The van der Waals surface area contributed by atoms with Crippen LogP contribution in [-0.2, 0) is 6.42 Å². The predicted molar refractivity (Wildman–Crippen MR) is 76.8 cm³/mol. The van der Waals surface area contributed by atoms with Crippen LogP contribution in [0, 0.1) is 5.82 Å². The molecule has 0 amide bonds. The molecule has 1 heterocycles. The van der Waals surface area contributed by atoms with Crippen molar-refractivity contribution in [2.75, 3.05) is 5.73 Å². The van der Waals surface area contributed by atoms with Crippen LogP contribution in [0.3, 0.4) is 0 Å². The van der Waals surface area contributed by atoms with Gasteiger partial charge in [0.1, 0.15) is 23.2 Å². The van der Waals surface area contributed by atoms with E-state index in [2.05, 4.69) is 4.98 Å². The molecule has 0 unspecified atom stereocenters. The number of hydrogen-bond donors (Lipinski definition) is 1. The minimum atomic E-state index is -0.407. The zero-order valence-corrected chi connectivity index (χ0v) is 12.0. The molecule has 0 spiro atoms. The zero-order valence-electron chi connectivity index (χ0n) is 11.2. The highest BCUT2D eigenvalue weighted by Gasteiger charge is 2.19. The lowest BCUT2D eigenvalue weighted by atomic mass is 10.1. The van der Waals surface area contributed by atoms with Crippen LogP contribution in [0.5, 0.6) is 0 Å². The Labute approximate surface area is 117 Å². The van der Waals surface area contributed by atoms with Crippen molar-refractivity contribution in [2.24, 2.45) is 0 Å². The first-order valence-electron chi connectivity index (χ1n) is 6.27. The highest BCUT2D eigenvalue weighted by Crippen LogP contribution is 2.32. The molecule has 1 aromatic heterocycles. The number of halogens is 2. The normalized spacial score (nSPS) is 11.3. The number of nitrogens with two attached hydrogens (primary N) is 1. The maximum Gasteiger partial charge on any atom is 0.134 e. The highest BCUT2D eigenvalue weighted by atomic mass is 35.5. The van der Waals surface area contributed by atoms with Crippen molar-refractivity contribution in [3.05, 3.63) is 34.9 Å². The SMILES string of the molecule is CCc1nc(-c2ccc(Cl)cc2F)c(N)n1C(C)C. The van der Waals surface area contributed by atoms with Crippen molar-refractivity contribution >= 4 is 17.4 Å². The summed E-state index contributed by atoms with van der Waals surface area (Å²) in [4.78, 5) is 4.47. The molecule has 0 aliphatic carbocycles. The van der Waals surface area contributed by atoms with Crippen LogP contribution in [0.25, 0.3) is 11.3 Å². The maximum absolute atomic E-state index is 14.0. The highest BCUT2D eigenvalue weighted by molar-refractivity contribution is 6.30. The van der Waals surface area contributed by atoms with E-state index in [1.165, 1.54) is 6.07 Å². The Bertz CT molecular complexity index is 605. The smallest absolute Gasteiger partial charge is 0.134 e.